The molecule has 9 heteroatoms. The SMILES string of the molecule is C[S+]([O-])c1cc(Br)c2oc(N3CC4CC(C3)N4C(=O)O)nc2c1. The Labute approximate surface area is 143 Å². The number of fused-ring (bicyclic) bond motifs is 3. The maximum atomic E-state index is 11.7. The number of rotatable bonds is 2. The summed E-state index contributed by atoms with van der Waals surface area (Å²) in [5, 5.41) is 9.16. The van der Waals surface area contributed by atoms with Crippen LogP contribution in [0.2, 0.25) is 0 Å². The molecule has 122 valence electrons. The summed E-state index contributed by atoms with van der Waals surface area (Å²) in [5.41, 5.74) is 1.26. The van der Waals surface area contributed by atoms with Gasteiger partial charge in [-0.25, -0.2) is 4.79 Å². The first-order valence-corrected chi connectivity index (χ1v) is 9.49. The highest BCUT2D eigenvalue weighted by atomic mass is 79.9. The molecule has 0 saturated carbocycles. The quantitative estimate of drug-likeness (QED) is 0.778. The van der Waals surface area contributed by atoms with Crippen LogP contribution in [0.3, 0.4) is 0 Å². The number of piperazine rings is 1. The molecule has 1 N–H and O–H groups in total. The highest BCUT2D eigenvalue weighted by molar-refractivity contribution is 9.10. The number of nitrogens with zero attached hydrogens (tertiary/aromatic N) is 3. The molecule has 1 aromatic carbocycles. The molecule has 4 heterocycles. The lowest BCUT2D eigenvalue weighted by molar-refractivity contribution is 0.0101. The molecule has 3 unspecified atom stereocenters. The maximum absolute atomic E-state index is 11.7. The second-order valence-corrected chi connectivity index (χ2v) is 8.08. The highest BCUT2D eigenvalue weighted by Gasteiger charge is 2.48. The zero-order valence-electron chi connectivity index (χ0n) is 12.2. The third kappa shape index (κ3) is 2.38. The molecule has 0 spiro atoms. The standard InChI is InChI=1S/C14H14BrN3O4S/c1-23(21)9-3-10(15)12-11(4-9)16-13(22-12)17-5-7-2-8(6-17)18(7)14(19)20/h3-4,7-8H,2,5-6H2,1H3,(H,19,20). The molecule has 23 heavy (non-hydrogen) atoms. The van der Waals surface area contributed by atoms with Crippen molar-refractivity contribution >= 4 is 50.3 Å². The van der Waals surface area contributed by atoms with Gasteiger partial charge in [0.15, 0.2) is 10.5 Å². The minimum atomic E-state index is -1.10. The summed E-state index contributed by atoms with van der Waals surface area (Å²) in [4.78, 5) is 19.8. The molecule has 1 amide bonds. The van der Waals surface area contributed by atoms with E-state index in [1.807, 2.05) is 4.90 Å². The molecule has 7 nitrogen and oxygen atoms in total. The fourth-order valence-corrected chi connectivity index (χ4v) is 4.58. The molecule has 3 fully saturated rings. The molecule has 0 radical (unpaired) electrons. The monoisotopic (exact) mass is 399 g/mol. The van der Waals surface area contributed by atoms with Crippen molar-refractivity contribution < 1.29 is 18.9 Å². The van der Waals surface area contributed by atoms with Crippen LogP contribution in [-0.2, 0) is 11.2 Å². The van der Waals surface area contributed by atoms with Gasteiger partial charge in [-0.2, -0.15) is 4.98 Å². The van der Waals surface area contributed by atoms with Gasteiger partial charge < -0.3 is 19.0 Å². The minimum absolute atomic E-state index is 0.00316. The number of amides is 1. The van der Waals surface area contributed by atoms with Gasteiger partial charge in [-0.05, 0) is 33.5 Å². The Kier molecular flexibility index (Phi) is 3.47. The Hall–Kier alpha value is -1.45. The summed E-state index contributed by atoms with van der Waals surface area (Å²) in [5.74, 6) is 0. The fraction of sp³-hybridized carbons (Fsp3) is 0.429. The van der Waals surface area contributed by atoms with Gasteiger partial charge in [0, 0.05) is 25.2 Å². The van der Waals surface area contributed by atoms with Crippen molar-refractivity contribution in [1.82, 2.24) is 9.88 Å². The Morgan fingerprint density at radius 2 is 2.17 bits per heavy atom. The average molecular weight is 400 g/mol. The van der Waals surface area contributed by atoms with E-state index in [0.29, 0.717) is 39.6 Å². The van der Waals surface area contributed by atoms with Crippen molar-refractivity contribution in [1.29, 1.82) is 0 Å². The number of hydrogen-bond acceptors (Lipinski definition) is 5. The van der Waals surface area contributed by atoms with Crippen LogP contribution in [0.15, 0.2) is 25.9 Å². The number of oxazole rings is 1. The van der Waals surface area contributed by atoms with E-state index in [0.717, 1.165) is 6.42 Å². The average Bonchev–Trinajstić information content (AvgIpc) is 2.91. The lowest BCUT2D eigenvalue weighted by atomic mass is 9.88. The molecule has 3 aliphatic heterocycles. The van der Waals surface area contributed by atoms with Gasteiger partial charge >= 0.3 is 6.09 Å². The Morgan fingerprint density at radius 3 is 2.78 bits per heavy atom. The number of piperidine rings is 1. The van der Waals surface area contributed by atoms with E-state index >= 15 is 0 Å². The number of anilines is 1. The van der Waals surface area contributed by atoms with Crippen LogP contribution in [0.1, 0.15) is 6.42 Å². The summed E-state index contributed by atoms with van der Waals surface area (Å²) >= 11 is 2.33. The van der Waals surface area contributed by atoms with E-state index in [4.69, 9.17) is 9.52 Å². The van der Waals surface area contributed by atoms with Crippen LogP contribution in [0.25, 0.3) is 11.1 Å². The van der Waals surface area contributed by atoms with Gasteiger partial charge in [0.2, 0.25) is 0 Å². The Balaban J connectivity index is 1.64. The number of hydrogen-bond donors (Lipinski definition) is 1. The Bertz CT molecular complexity index is 784. The molecular formula is C14H14BrN3O4S. The number of carbonyl (C=O) groups is 1. The molecule has 2 aromatic rings. The normalized spacial score (nSPS) is 24.7. The van der Waals surface area contributed by atoms with Crippen LogP contribution in [0, 0.1) is 0 Å². The molecule has 1 aromatic heterocycles. The van der Waals surface area contributed by atoms with Crippen molar-refractivity contribution in [2.75, 3.05) is 24.2 Å². The topological polar surface area (TPSA) is 92.9 Å². The molecule has 3 atom stereocenters. The minimum Gasteiger partial charge on any atom is -0.612 e. The predicted octanol–water partition coefficient (Wildman–Crippen LogP) is 2.27. The largest absolute Gasteiger partial charge is 0.612 e. The van der Waals surface area contributed by atoms with Crippen molar-refractivity contribution in [2.24, 2.45) is 0 Å². The predicted molar refractivity (Wildman–Crippen MR) is 88.3 cm³/mol. The zero-order chi connectivity index (χ0) is 16.3. The zero-order valence-corrected chi connectivity index (χ0v) is 14.6. The Morgan fingerprint density at radius 1 is 1.48 bits per heavy atom. The van der Waals surface area contributed by atoms with Crippen molar-refractivity contribution in [3.63, 3.8) is 0 Å². The first kappa shape index (κ1) is 15.1. The van der Waals surface area contributed by atoms with Gasteiger partial charge in [-0.15, -0.1) is 0 Å². The van der Waals surface area contributed by atoms with E-state index < -0.39 is 17.3 Å². The van der Waals surface area contributed by atoms with E-state index in [-0.39, 0.29) is 12.1 Å². The van der Waals surface area contributed by atoms with Crippen LogP contribution >= 0.6 is 15.9 Å². The van der Waals surface area contributed by atoms with Gasteiger partial charge in [-0.3, -0.25) is 4.90 Å². The maximum Gasteiger partial charge on any atom is 0.407 e. The third-order valence-electron chi connectivity index (χ3n) is 4.42. The molecule has 2 bridgehead atoms. The van der Waals surface area contributed by atoms with Gasteiger partial charge in [0.05, 0.1) is 16.6 Å². The highest BCUT2D eigenvalue weighted by Crippen LogP contribution is 2.37. The lowest BCUT2D eigenvalue weighted by Gasteiger charge is -2.54. The third-order valence-corrected chi connectivity index (χ3v) is 5.91. The summed E-state index contributed by atoms with van der Waals surface area (Å²) in [7, 11) is 0. The number of aromatic nitrogens is 1. The molecule has 3 aliphatic rings. The van der Waals surface area contributed by atoms with Crippen LogP contribution in [0.5, 0.6) is 0 Å². The number of benzene rings is 1. The van der Waals surface area contributed by atoms with Crippen LogP contribution < -0.4 is 4.90 Å². The van der Waals surface area contributed by atoms with Crippen LogP contribution in [0.4, 0.5) is 10.8 Å². The van der Waals surface area contributed by atoms with Crippen molar-refractivity contribution in [3.05, 3.63) is 16.6 Å². The smallest absolute Gasteiger partial charge is 0.407 e. The van der Waals surface area contributed by atoms with Crippen molar-refractivity contribution in [3.8, 4) is 0 Å². The summed E-state index contributed by atoms with van der Waals surface area (Å²) in [6.45, 7) is 1.17. The number of halogens is 1. The second kappa shape index (κ2) is 5.29. The summed E-state index contributed by atoms with van der Waals surface area (Å²) in [6, 6.07) is 4.02. The first-order valence-electron chi connectivity index (χ1n) is 7.13. The lowest BCUT2D eigenvalue weighted by Crippen LogP contribution is -2.70. The molecule has 0 aliphatic carbocycles. The first-order chi connectivity index (χ1) is 10.9. The number of carboxylic acid groups (broad SMARTS) is 1. The fourth-order valence-electron chi connectivity index (χ4n) is 3.34. The van der Waals surface area contributed by atoms with E-state index in [1.54, 1.807) is 18.4 Å². The van der Waals surface area contributed by atoms with E-state index in [1.165, 1.54) is 4.90 Å². The summed E-state index contributed by atoms with van der Waals surface area (Å²) < 4.78 is 18.2. The summed E-state index contributed by atoms with van der Waals surface area (Å²) in [6.07, 6.45) is 1.65. The van der Waals surface area contributed by atoms with Crippen molar-refractivity contribution in [2.45, 2.75) is 23.4 Å². The second-order valence-electron chi connectivity index (χ2n) is 5.84. The van der Waals surface area contributed by atoms with Gasteiger partial charge in [-0.1, -0.05) is 0 Å². The molecule has 5 rings (SSSR count). The molecule has 3 saturated heterocycles. The van der Waals surface area contributed by atoms with E-state index in [2.05, 4.69) is 20.9 Å². The molecular weight excluding hydrogens is 386 g/mol. The van der Waals surface area contributed by atoms with Gasteiger partial charge in [0.1, 0.15) is 11.8 Å². The van der Waals surface area contributed by atoms with Gasteiger partial charge in [0.25, 0.3) is 6.01 Å². The van der Waals surface area contributed by atoms with E-state index in [9.17, 15) is 9.35 Å². The van der Waals surface area contributed by atoms with Crippen LogP contribution in [-0.4, -0.2) is 57.1 Å².